The van der Waals surface area contributed by atoms with Gasteiger partial charge in [0, 0.05) is 30.9 Å². The minimum Gasteiger partial charge on any atom is -0.481 e. The summed E-state index contributed by atoms with van der Waals surface area (Å²) in [4.78, 5) is 58.2. The third-order valence-electron chi connectivity index (χ3n) is 8.71. The van der Waals surface area contributed by atoms with Crippen molar-refractivity contribution in [2.75, 3.05) is 20.6 Å². The van der Waals surface area contributed by atoms with E-state index in [0.717, 1.165) is 28.2 Å². The van der Waals surface area contributed by atoms with E-state index in [1.807, 2.05) is 30.3 Å². The van der Waals surface area contributed by atoms with Crippen molar-refractivity contribution in [1.29, 1.82) is 0 Å². The van der Waals surface area contributed by atoms with E-state index < -0.39 is 72.5 Å². The maximum absolute atomic E-state index is 13.5. The lowest BCUT2D eigenvalue weighted by Crippen LogP contribution is -2.55. The van der Waals surface area contributed by atoms with Gasteiger partial charge in [0.2, 0.25) is 11.8 Å². The summed E-state index contributed by atoms with van der Waals surface area (Å²) in [5.41, 5.74) is 0.932. The Labute approximate surface area is 282 Å². The molecular weight excluding hydrogens is 651 g/mol. The number of aromatic nitrogens is 1. The average molecular weight is 698 g/mol. The van der Waals surface area contributed by atoms with Crippen molar-refractivity contribution < 1.29 is 42.6 Å². The van der Waals surface area contributed by atoms with Gasteiger partial charge < -0.3 is 25.7 Å². The molecule has 3 amide bonds. The highest BCUT2D eigenvalue weighted by Crippen LogP contribution is 2.29. The van der Waals surface area contributed by atoms with E-state index in [1.165, 1.54) is 12.4 Å². The molecule has 1 aliphatic rings. The van der Waals surface area contributed by atoms with Crippen molar-refractivity contribution in [3.63, 3.8) is 0 Å². The number of thiazole rings is 1. The Kier molecular flexibility index (Phi) is 13.9. The van der Waals surface area contributed by atoms with E-state index in [2.05, 4.69) is 15.6 Å². The Balaban J connectivity index is 1.71. The maximum atomic E-state index is 13.5. The molecule has 1 aliphatic heterocycles. The number of hydrogen-bond acceptors (Lipinski definition) is 8. The number of carboxylic acids is 1. The van der Waals surface area contributed by atoms with Gasteiger partial charge in [0.05, 0.1) is 18.4 Å². The monoisotopic (exact) mass is 697 g/mol. The zero-order valence-electron chi connectivity index (χ0n) is 27.9. The van der Waals surface area contributed by atoms with Crippen LogP contribution in [-0.2, 0) is 20.8 Å². The van der Waals surface area contributed by atoms with Crippen molar-refractivity contribution in [2.45, 2.75) is 95.7 Å². The highest BCUT2D eigenvalue weighted by Gasteiger charge is 2.41. The van der Waals surface area contributed by atoms with Crippen LogP contribution in [0.1, 0.15) is 80.0 Å². The average Bonchev–Trinajstić information content (AvgIpc) is 3.68. The number of amides is 3. The maximum Gasteiger partial charge on any atom is 0.391 e. The minimum atomic E-state index is -4.72. The number of aliphatic hydroxyl groups excluding tert-OH is 1. The number of halogens is 3. The second-order valence-corrected chi connectivity index (χ2v) is 13.8. The number of likely N-dealkylation sites (tertiary alicyclic amines) is 1. The van der Waals surface area contributed by atoms with Gasteiger partial charge >= 0.3 is 12.1 Å². The molecule has 266 valence electrons. The molecule has 0 bridgehead atoms. The summed E-state index contributed by atoms with van der Waals surface area (Å²) in [6.45, 7) is 5.71. The molecule has 15 heteroatoms. The van der Waals surface area contributed by atoms with Crippen LogP contribution in [0.15, 0.2) is 35.7 Å². The van der Waals surface area contributed by atoms with Crippen LogP contribution in [0.3, 0.4) is 0 Å². The summed E-state index contributed by atoms with van der Waals surface area (Å²) in [6, 6.07) is 5.61. The molecule has 1 aromatic carbocycles. The molecule has 0 saturated carbocycles. The van der Waals surface area contributed by atoms with E-state index in [1.54, 1.807) is 32.7 Å². The second-order valence-electron chi connectivity index (χ2n) is 12.9. The number of carbonyl (C=O) groups excluding carboxylic acids is 3. The number of rotatable bonds is 16. The summed E-state index contributed by atoms with van der Waals surface area (Å²) in [5.74, 6) is -4.11. The first-order valence-corrected chi connectivity index (χ1v) is 16.9. The van der Waals surface area contributed by atoms with E-state index in [4.69, 9.17) is 0 Å². The second kappa shape index (κ2) is 17.2. The van der Waals surface area contributed by atoms with Gasteiger partial charge in [-0.2, -0.15) is 13.2 Å². The number of aliphatic hydroxyl groups is 1. The van der Waals surface area contributed by atoms with Gasteiger partial charge in [-0.25, -0.2) is 4.98 Å². The van der Waals surface area contributed by atoms with Crippen molar-refractivity contribution in [2.24, 2.45) is 11.8 Å². The standard InChI is InChI=1S/C33H46F3N5O6S/c1-19(2)26(41(5)31(45)23(17-33(34,35)36)38-29(44)25-12-9-13-40(25)4)16-27(42)30-39-24(18-48-30)28(43)37-22(14-20(3)32(46)47)15-21-10-7-6-8-11-21/h6-8,10-11,18-20,22-23,25-27,42H,9,12-17H2,1-5H3,(H,37,43)(H,38,44)(H,46,47)/t20-,22+,23-,25+,26+,27+/m0/s1. The largest absolute Gasteiger partial charge is 0.481 e. The molecule has 1 fully saturated rings. The third kappa shape index (κ3) is 11.3. The quantitative estimate of drug-likeness (QED) is 0.205. The SMILES string of the molecule is CC(C)[C@@H](C[C@@H](O)c1nc(C(=O)N[C@@H](Cc2ccccc2)C[C@H](C)C(=O)O)cs1)N(C)C(=O)[C@H](CC(F)(F)F)NC(=O)[C@H]1CCCN1C. The number of benzene rings is 1. The fraction of sp³-hybridized carbons (Fsp3) is 0.606. The van der Waals surface area contributed by atoms with Gasteiger partial charge in [-0.3, -0.25) is 24.1 Å². The fourth-order valence-corrected chi connectivity index (χ4v) is 6.78. The minimum absolute atomic E-state index is 0.0189. The molecule has 4 N–H and O–H groups in total. The Hall–Kier alpha value is -3.56. The van der Waals surface area contributed by atoms with Crippen LogP contribution in [-0.4, -0.2) is 99.7 Å². The van der Waals surface area contributed by atoms with Crippen LogP contribution in [0.25, 0.3) is 0 Å². The molecule has 11 nitrogen and oxygen atoms in total. The molecule has 0 radical (unpaired) electrons. The summed E-state index contributed by atoms with van der Waals surface area (Å²) in [6.07, 6.45) is -5.81. The number of nitrogens with one attached hydrogen (secondary N) is 2. The number of likely N-dealkylation sites (N-methyl/N-ethyl adjacent to an activating group) is 2. The number of carbonyl (C=O) groups is 4. The summed E-state index contributed by atoms with van der Waals surface area (Å²) >= 11 is 1.02. The number of alkyl halides is 3. The topological polar surface area (TPSA) is 152 Å². The van der Waals surface area contributed by atoms with Crippen LogP contribution in [0.4, 0.5) is 13.2 Å². The van der Waals surface area contributed by atoms with Crippen molar-refractivity contribution in [3.8, 4) is 0 Å². The molecular formula is C33H46F3N5O6S. The van der Waals surface area contributed by atoms with E-state index in [-0.39, 0.29) is 29.5 Å². The zero-order valence-corrected chi connectivity index (χ0v) is 28.7. The van der Waals surface area contributed by atoms with Gasteiger partial charge in [0.25, 0.3) is 5.91 Å². The molecule has 0 aliphatic carbocycles. The summed E-state index contributed by atoms with van der Waals surface area (Å²) in [7, 11) is 3.06. The number of carboxylic acid groups (broad SMARTS) is 1. The van der Waals surface area contributed by atoms with Crippen LogP contribution < -0.4 is 10.6 Å². The lowest BCUT2D eigenvalue weighted by molar-refractivity contribution is -0.157. The van der Waals surface area contributed by atoms with Crippen molar-refractivity contribution in [3.05, 3.63) is 52.0 Å². The first-order valence-electron chi connectivity index (χ1n) is 16.0. The number of nitrogens with zero attached hydrogens (tertiary/aromatic N) is 3. The molecule has 0 spiro atoms. The number of aliphatic carboxylic acids is 1. The highest BCUT2D eigenvalue weighted by molar-refractivity contribution is 7.09. The van der Waals surface area contributed by atoms with Gasteiger partial charge in [0.15, 0.2) is 0 Å². The smallest absolute Gasteiger partial charge is 0.391 e. The van der Waals surface area contributed by atoms with Gasteiger partial charge in [-0.05, 0) is 50.8 Å². The Morgan fingerprint density at radius 1 is 1.10 bits per heavy atom. The molecule has 1 aromatic heterocycles. The molecule has 1 saturated heterocycles. The molecule has 2 heterocycles. The number of hydrogen-bond donors (Lipinski definition) is 4. The van der Waals surface area contributed by atoms with Gasteiger partial charge in [-0.1, -0.05) is 51.1 Å². The lowest BCUT2D eigenvalue weighted by atomic mass is 9.95. The summed E-state index contributed by atoms with van der Waals surface area (Å²) < 4.78 is 40.6. The van der Waals surface area contributed by atoms with E-state index >= 15 is 0 Å². The normalized spacial score (nSPS) is 18.5. The third-order valence-corrected chi connectivity index (χ3v) is 9.66. The van der Waals surface area contributed by atoms with Crippen LogP contribution in [0, 0.1) is 11.8 Å². The lowest BCUT2D eigenvalue weighted by Gasteiger charge is -2.35. The Bertz CT molecular complexity index is 1390. The van der Waals surface area contributed by atoms with Crippen LogP contribution in [0.5, 0.6) is 0 Å². The Morgan fingerprint density at radius 2 is 1.77 bits per heavy atom. The summed E-state index contributed by atoms with van der Waals surface area (Å²) in [5, 5.41) is 27.4. The molecule has 2 aromatic rings. The van der Waals surface area contributed by atoms with E-state index in [0.29, 0.717) is 19.4 Å². The first kappa shape index (κ1) is 38.9. The van der Waals surface area contributed by atoms with Crippen LogP contribution >= 0.6 is 11.3 Å². The van der Waals surface area contributed by atoms with Crippen molar-refractivity contribution >= 4 is 35.0 Å². The highest BCUT2D eigenvalue weighted by atomic mass is 32.1. The first-order chi connectivity index (χ1) is 22.5. The fourth-order valence-electron chi connectivity index (χ4n) is 5.98. The zero-order chi connectivity index (χ0) is 35.8. The van der Waals surface area contributed by atoms with Crippen LogP contribution in [0.2, 0.25) is 0 Å². The van der Waals surface area contributed by atoms with Crippen molar-refractivity contribution in [1.82, 2.24) is 25.4 Å². The van der Waals surface area contributed by atoms with Gasteiger partial charge in [-0.15, -0.1) is 11.3 Å². The Morgan fingerprint density at radius 3 is 2.33 bits per heavy atom. The van der Waals surface area contributed by atoms with Gasteiger partial charge in [0.1, 0.15) is 22.8 Å². The molecule has 6 atom stereocenters. The molecule has 48 heavy (non-hydrogen) atoms. The predicted molar refractivity (Wildman–Crippen MR) is 174 cm³/mol. The van der Waals surface area contributed by atoms with E-state index in [9.17, 15) is 42.6 Å². The molecule has 3 rings (SSSR count). The molecule has 0 unspecified atom stereocenters. The predicted octanol–water partition coefficient (Wildman–Crippen LogP) is 4.03.